The second-order valence-electron chi connectivity index (χ2n) is 7.39. The lowest BCUT2D eigenvalue weighted by Gasteiger charge is -2.12. The Labute approximate surface area is 191 Å². The normalized spacial score (nSPS) is 11.7. The summed E-state index contributed by atoms with van der Waals surface area (Å²) in [6.07, 6.45) is 0. The van der Waals surface area contributed by atoms with E-state index in [9.17, 15) is 23.3 Å². The number of amides is 1. The minimum atomic E-state index is -3.91. The molecule has 170 valence electrons. The van der Waals surface area contributed by atoms with Gasteiger partial charge in [0.15, 0.2) is 0 Å². The van der Waals surface area contributed by atoms with Crippen molar-refractivity contribution in [2.24, 2.45) is 5.10 Å². The van der Waals surface area contributed by atoms with Gasteiger partial charge in [-0.2, -0.15) is 5.10 Å². The van der Waals surface area contributed by atoms with Crippen LogP contribution in [-0.2, 0) is 10.0 Å². The first kappa shape index (κ1) is 23.6. The molecule has 0 bridgehead atoms. The molecule has 3 aromatic rings. The Hall–Kier alpha value is -4.05. The lowest BCUT2D eigenvalue weighted by molar-refractivity contribution is -0.384. The van der Waals surface area contributed by atoms with E-state index in [2.05, 4.69) is 15.2 Å². The van der Waals surface area contributed by atoms with Crippen molar-refractivity contribution in [2.75, 3.05) is 4.72 Å². The van der Waals surface area contributed by atoms with Crippen LogP contribution in [0.2, 0.25) is 0 Å². The molecule has 33 heavy (non-hydrogen) atoms. The molecule has 3 aromatic carbocycles. The average Bonchev–Trinajstić information content (AvgIpc) is 2.79. The molecule has 0 saturated heterocycles. The first-order valence-electron chi connectivity index (χ1n) is 9.86. The van der Waals surface area contributed by atoms with Gasteiger partial charge in [-0.15, -0.1) is 0 Å². The highest BCUT2D eigenvalue weighted by Crippen LogP contribution is 2.21. The highest BCUT2D eigenvalue weighted by atomic mass is 32.2. The summed E-state index contributed by atoms with van der Waals surface area (Å²) in [5.74, 6) is -0.597. The van der Waals surface area contributed by atoms with Gasteiger partial charge in [0.25, 0.3) is 21.6 Å². The van der Waals surface area contributed by atoms with Gasteiger partial charge >= 0.3 is 0 Å². The number of aryl methyl sites for hydroxylation is 2. The third kappa shape index (κ3) is 5.80. The van der Waals surface area contributed by atoms with E-state index in [-0.39, 0.29) is 16.1 Å². The van der Waals surface area contributed by atoms with Crippen LogP contribution in [-0.4, -0.2) is 25.0 Å². The highest BCUT2D eigenvalue weighted by Gasteiger charge is 2.17. The molecular weight excluding hydrogens is 444 g/mol. The van der Waals surface area contributed by atoms with E-state index in [1.54, 1.807) is 26.0 Å². The molecule has 0 aliphatic rings. The van der Waals surface area contributed by atoms with Crippen molar-refractivity contribution in [3.8, 4) is 0 Å². The predicted octanol–water partition coefficient (Wildman–Crippen LogP) is 4.17. The number of sulfonamides is 1. The summed E-state index contributed by atoms with van der Waals surface area (Å²) in [5, 5.41) is 14.8. The first-order chi connectivity index (χ1) is 15.6. The van der Waals surface area contributed by atoms with Crippen LogP contribution in [0.4, 0.5) is 11.4 Å². The Morgan fingerprint density at radius 2 is 1.67 bits per heavy atom. The number of hydrogen-bond donors (Lipinski definition) is 2. The van der Waals surface area contributed by atoms with Gasteiger partial charge in [0.1, 0.15) is 0 Å². The fourth-order valence-electron chi connectivity index (χ4n) is 3.02. The van der Waals surface area contributed by atoms with Gasteiger partial charge in [-0.1, -0.05) is 23.8 Å². The van der Waals surface area contributed by atoms with Crippen molar-refractivity contribution in [3.05, 3.63) is 99.1 Å². The molecule has 0 fully saturated rings. The number of nitro benzene ring substituents is 1. The molecule has 0 saturated carbocycles. The third-order valence-electron chi connectivity index (χ3n) is 4.85. The van der Waals surface area contributed by atoms with Gasteiger partial charge in [0, 0.05) is 17.7 Å². The molecule has 0 atom stereocenters. The third-order valence-corrected chi connectivity index (χ3v) is 6.22. The number of non-ortho nitro benzene ring substituents is 1. The maximum atomic E-state index is 12.8. The van der Waals surface area contributed by atoms with Crippen LogP contribution < -0.4 is 10.1 Å². The van der Waals surface area contributed by atoms with Gasteiger partial charge < -0.3 is 0 Å². The van der Waals surface area contributed by atoms with Crippen LogP contribution in [0.3, 0.4) is 0 Å². The minimum Gasteiger partial charge on any atom is -0.279 e. The van der Waals surface area contributed by atoms with E-state index in [0.717, 1.165) is 11.1 Å². The van der Waals surface area contributed by atoms with Gasteiger partial charge in [0.05, 0.1) is 21.2 Å². The summed E-state index contributed by atoms with van der Waals surface area (Å²) in [6, 6.07) is 16.7. The summed E-state index contributed by atoms with van der Waals surface area (Å²) in [5.41, 5.74) is 5.71. The molecule has 0 aromatic heterocycles. The molecule has 0 radical (unpaired) electrons. The average molecular weight is 467 g/mol. The van der Waals surface area contributed by atoms with Crippen LogP contribution >= 0.6 is 0 Å². The minimum absolute atomic E-state index is 0.0527. The van der Waals surface area contributed by atoms with Crippen LogP contribution in [0.1, 0.15) is 34.0 Å². The van der Waals surface area contributed by atoms with E-state index >= 15 is 0 Å². The van der Waals surface area contributed by atoms with Crippen molar-refractivity contribution >= 4 is 33.0 Å². The highest BCUT2D eigenvalue weighted by molar-refractivity contribution is 7.92. The van der Waals surface area contributed by atoms with Gasteiger partial charge in [-0.25, -0.2) is 13.8 Å². The standard InChI is InChI=1S/C23H22N4O5S/c1-15-7-12-22(16(2)13-15)26-33(31,32)21-6-4-5-19(14-21)23(28)25-24-17(3)18-8-10-20(11-9-18)27(29)30/h4-14,26H,1-3H3,(H,25,28)/b24-17+. The number of nitrogens with zero attached hydrogens (tertiary/aromatic N) is 2. The van der Waals surface area contributed by atoms with Crippen molar-refractivity contribution in [1.29, 1.82) is 0 Å². The molecule has 0 unspecified atom stereocenters. The number of carbonyl (C=O) groups is 1. The smallest absolute Gasteiger partial charge is 0.271 e. The summed E-state index contributed by atoms with van der Waals surface area (Å²) < 4.78 is 28.2. The number of nitrogens with one attached hydrogen (secondary N) is 2. The van der Waals surface area contributed by atoms with Crippen molar-refractivity contribution in [3.63, 3.8) is 0 Å². The van der Waals surface area contributed by atoms with Crippen LogP contribution in [0.15, 0.2) is 76.7 Å². The van der Waals surface area contributed by atoms with Gasteiger partial charge in [-0.05, 0) is 68.3 Å². The van der Waals surface area contributed by atoms with E-state index in [4.69, 9.17) is 0 Å². The number of anilines is 1. The zero-order chi connectivity index (χ0) is 24.2. The number of carbonyl (C=O) groups excluding carboxylic acids is 1. The fourth-order valence-corrected chi connectivity index (χ4v) is 4.20. The second kappa shape index (κ2) is 9.61. The van der Waals surface area contributed by atoms with Gasteiger partial charge in [0.2, 0.25) is 0 Å². The number of hydrogen-bond acceptors (Lipinski definition) is 6. The summed E-state index contributed by atoms with van der Waals surface area (Å²) in [6.45, 7) is 5.36. The van der Waals surface area contributed by atoms with Gasteiger partial charge in [-0.3, -0.25) is 19.6 Å². The van der Waals surface area contributed by atoms with Crippen LogP contribution in [0.25, 0.3) is 0 Å². The Bertz CT molecular complexity index is 1350. The zero-order valence-corrected chi connectivity index (χ0v) is 19.0. The molecular formula is C23H22N4O5S. The molecule has 9 nitrogen and oxygen atoms in total. The quantitative estimate of drug-likeness (QED) is 0.307. The van der Waals surface area contributed by atoms with E-state index in [1.807, 2.05) is 13.0 Å². The second-order valence-corrected chi connectivity index (χ2v) is 9.08. The predicted molar refractivity (Wildman–Crippen MR) is 126 cm³/mol. The van der Waals surface area contributed by atoms with E-state index < -0.39 is 20.9 Å². The Kier molecular flexibility index (Phi) is 6.88. The zero-order valence-electron chi connectivity index (χ0n) is 18.2. The summed E-state index contributed by atoms with van der Waals surface area (Å²) in [7, 11) is -3.91. The molecule has 0 heterocycles. The Morgan fingerprint density at radius 1 is 0.970 bits per heavy atom. The maximum Gasteiger partial charge on any atom is 0.271 e. The SMILES string of the molecule is C/C(=N\NC(=O)c1cccc(S(=O)(=O)Nc2ccc(C)cc2C)c1)c1ccc([N+](=O)[O-])cc1. The molecule has 2 N–H and O–H groups in total. The van der Waals surface area contributed by atoms with E-state index in [1.165, 1.54) is 48.5 Å². The van der Waals surface area contributed by atoms with Crippen molar-refractivity contribution in [1.82, 2.24) is 5.43 Å². The topological polar surface area (TPSA) is 131 Å². The molecule has 3 rings (SSSR count). The molecule has 10 heteroatoms. The Morgan fingerprint density at radius 3 is 2.30 bits per heavy atom. The largest absolute Gasteiger partial charge is 0.279 e. The monoisotopic (exact) mass is 466 g/mol. The molecule has 1 amide bonds. The van der Waals surface area contributed by atoms with Crippen LogP contribution in [0.5, 0.6) is 0 Å². The van der Waals surface area contributed by atoms with E-state index in [0.29, 0.717) is 17.0 Å². The lowest BCUT2D eigenvalue weighted by Crippen LogP contribution is -2.20. The molecule has 0 spiro atoms. The van der Waals surface area contributed by atoms with Crippen molar-refractivity contribution < 1.29 is 18.1 Å². The maximum absolute atomic E-state index is 12.8. The lowest BCUT2D eigenvalue weighted by atomic mass is 10.1. The first-order valence-corrected chi connectivity index (χ1v) is 11.3. The van der Waals surface area contributed by atoms with Crippen LogP contribution in [0, 0.1) is 24.0 Å². The number of hydrazone groups is 1. The number of rotatable bonds is 7. The van der Waals surface area contributed by atoms with Crippen molar-refractivity contribution in [2.45, 2.75) is 25.7 Å². The fraction of sp³-hybridized carbons (Fsp3) is 0.130. The number of nitro groups is 1. The number of benzene rings is 3. The Balaban J connectivity index is 1.76. The molecule has 0 aliphatic carbocycles. The summed E-state index contributed by atoms with van der Waals surface area (Å²) >= 11 is 0. The summed E-state index contributed by atoms with van der Waals surface area (Å²) in [4.78, 5) is 22.7. The molecule has 0 aliphatic heterocycles.